The summed E-state index contributed by atoms with van der Waals surface area (Å²) in [5.74, 6) is 4.19. The lowest BCUT2D eigenvalue weighted by atomic mass is 9.85. The van der Waals surface area contributed by atoms with E-state index >= 15 is 0 Å². The fourth-order valence-corrected chi connectivity index (χ4v) is 1.74. The smallest absolute Gasteiger partial charge is 0.0225 e. The molecule has 0 N–H and O–H groups in total. The van der Waals surface area contributed by atoms with Gasteiger partial charge < -0.3 is 0 Å². The molecule has 0 aliphatic heterocycles. The average molecular weight is 166 g/mol. The molecule has 70 valence electrons. The van der Waals surface area contributed by atoms with E-state index in [0.29, 0.717) is 5.92 Å². The largest absolute Gasteiger partial charge is 0.120 e. The van der Waals surface area contributed by atoms with Crippen LogP contribution in [-0.4, -0.2) is 0 Å². The van der Waals surface area contributed by atoms with Crippen molar-refractivity contribution in [1.29, 1.82) is 0 Å². The Bertz CT molecular complexity index is 129. The van der Waals surface area contributed by atoms with E-state index in [0.717, 1.165) is 12.3 Å². The van der Waals surface area contributed by atoms with Gasteiger partial charge in [0, 0.05) is 5.92 Å². The molecule has 0 aliphatic rings. The van der Waals surface area contributed by atoms with Crippen LogP contribution in [0.4, 0.5) is 0 Å². The maximum Gasteiger partial charge on any atom is 0.0225 e. The summed E-state index contributed by atoms with van der Waals surface area (Å²) < 4.78 is 0. The molecule has 2 atom stereocenters. The first-order valence-electron chi connectivity index (χ1n) is 5.26. The van der Waals surface area contributed by atoms with Gasteiger partial charge in [-0.25, -0.2) is 0 Å². The second-order valence-electron chi connectivity index (χ2n) is 3.49. The van der Waals surface area contributed by atoms with Crippen molar-refractivity contribution in [2.24, 2.45) is 11.8 Å². The summed E-state index contributed by atoms with van der Waals surface area (Å²) in [6.45, 7) is 6.68. The SMILES string of the molecule is C#CC(CC)C(CC)CCCC. The normalized spacial score (nSPS) is 15.2. The van der Waals surface area contributed by atoms with E-state index in [1.165, 1.54) is 25.7 Å². The van der Waals surface area contributed by atoms with Crippen molar-refractivity contribution >= 4 is 0 Å². The molecule has 0 aliphatic carbocycles. The molecule has 0 aromatic rings. The van der Waals surface area contributed by atoms with Gasteiger partial charge in [0.05, 0.1) is 0 Å². The zero-order chi connectivity index (χ0) is 9.40. The Labute approximate surface area is 77.8 Å². The Kier molecular flexibility index (Phi) is 6.96. The van der Waals surface area contributed by atoms with Crippen molar-refractivity contribution in [2.75, 3.05) is 0 Å². The Morgan fingerprint density at radius 1 is 1.17 bits per heavy atom. The first kappa shape index (κ1) is 11.6. The Morgan fingerprint density at radius 3 is 2.17 bits per heavy atom. The minimum atomic E-state index is 0.515. The summed E-state index contributed by atoms with van der Waals surface area (Å²) in [5.41, 5.74) is 0. The quantitative estimate of drug-likeness (QED) is 0.526. The van der Waals surface area contributed by atoms with Crippen molar-refractivity contribution in [1.82, 2.24) is 0 Å². The monoisotopic (exact) mass is 166 g/mol. The summed E-state index contributed by atoms with van der Waals surface area (Å²) in [5, 5.41) is 0. The first-order chi connectivity index (χ1) is 5.79. The molecule has 0 saturated carbocycles. The van der Waals surface area contributed by atoms with Gasteiger partial charge >= 0.3 is 0 Å². The van der Waals surface area contributed by atoms with Gasteiger partial charge in [0.25, 0.3) is 0 Å². The predicted octanol–water partition coefficient (Wildman–Crippen LogP) is 3.86. The molecule has 0 fully saturated rings. The minimum Gasteiger partial charge on any atom is -0.120 e. The molecule has 0 saturated heterocycles. The van der Waals surface area contributed by atoms with Gasteiger partial charge in [0.1, 0.15) is 0 Å². The van der Waals surface area contributed by atoms with Crippen LogP contribution in [0.1, 0.15) is 52.9 Å². The molecule has 0 nitrogen and oxygen atoms in total. The number of hydrogen-bond donors (Lipinski definition) is 0. The maximum absolute atomic E-state index is 5.48. The summed E-state index contributed by atoms with van der Waals surface area (Å²) >= 11 is 0. The van der Waals surface area contributed by atoms with Gasteiger partial charge in [0.15, 0.2) is 0 Å². The lowest BCUT2D eigenvalue weighted by molar-refractivity contribution is 0.350. The highest BCUT2D eigenvalue weighted by Gasteiger charge is 2.14. The Morgan fingerprint density at radius 2 is 1.83 bits per heavy atom. The van der Waals surface area contributed by atoms with Crippen molar-refractivity contribution < 1.29 is 0 Å². The molecule has 0 heterocycles. The van der Waals surface area contributed by atoms with E-state index in [2.05, 4.69) is 26.7 Å². The van der Waals surface area contributed by atoms with Gasteiger partial charge in [-0.2, -0.15) is 0 Å². The highest BCUT2D eigenvalue weighted by Crippen LogP contribution is 2.23. The van der Waals surface area contributed by atoms with E-state index in [1.807, 2.05) is 0 Å². The van der Waals surface area contributed by atoms with Crippen molar-refractivity contribution in [2.45, 2.75) is 52.9 Å². The molecule has 12 heavy (non-hydrogen) atoms. The molecule has 0 bridgehead atoms. The van der Waals surface area contributed by atoms with Gasteiger partial charge in [-0.15, -0.1) is 12.3 Å². The number of hydrogen-bond acceptors (Lipinski definition) is 0. The highest BCUT2D eigenvalue weighted by molar-refractivity contribution is 4.95. The zero-order valence-corrected chi connectivity index (χ0v) is 8.77. The molecule has 0 aromatic heterocycles. The van der Waals surface area contributed by atoms with Crippen LogP contribution in [0.15, 0.2) is 0 Å². The van der Waals surface area contributed by atoms with Crippen LogP contribution in [0.2, 0.25) is 0 Å². The van der Waals surface area contributed by atoms with Crippen LogP contribution in [0, 0.1) is 24.2 Å². The minimum absolute atomic E-state index is 0.515. The van der Waals surface area contributed by atoms with Crippen molar-refractivity contribution in [3.63, 3.8) is 0 Å². The van der Waals surface area contributed by atoms with Gasteiger partial charge in [0.2, 0.25) is 0 Å². The lowest BCUT2D eigenvalue weighted by Gasteiger charge is -2.19. The van der Waals surface area contributed by atoms with E-state index in [9.17, 15) is 0 Å². The molecule has 0 rings (SSSR count). The molecule has 0 aromatic carbocycles. The standard InChI is InChI=1S/C12H22/c1-5-9-10-12(8-4)11(6-2)7-3/h2,11-12H,5,7-10H2,1,3-4H3. The van der Waals surface area contributed by atoms with E-state index in [1.54, 1.807) is 0 Å². The van der Waals surface area contributed by atoms with E-state index in [4.69, 9.17) is 6.42 Å². The van der Waals surface area contributed by atoms with Crippen LogP contribution >= 0.6 is 0 Å². The zero-order valence-electron chi connectivity index (χ0n) is 8.77. The summed E-state index contributed by atoms with van der Waals surface area (Å²) in [6.07, 6.45) is 11.8. The van der Waals surface area contributed by atoms with E-state index < -0.39 is 0 Å². The van der Waals surface area contributed by atoms with Crippen molar-refractivity contribution in [3.8, 4) is 12.3 Å². The van der Waals surface area contributed by atoms with Gasteiger partial charge in [-0.05, 0) is 18.8 Å². The fourth-order valence-electron chi connectivity index (χ4n) is 1.74. The van der Waals surface area contributed by atoms with Gasteiger partial charge in [-0.1, -0.05) is 40.0 Å². The number of terminal acetylenes is 1. The topological polar surface area (TPSA) is 0 Å². The summed E-state index contributed by atoms with van der Waals surface area (Å²) in [6, 6.07) is 0. The molecular formula is C12H22. The number of unbranched alkanes of at least 4 members (excludes halogenated alkanes) is 1. The second kappa shape index (κ2) is 7.22. The van der Waals surface area contributed by atoms with Crippen LogP contribution in [0.3, 0.4) is 0 Å². The van der Waals surface area contributed by atoms with Crippen LogP contribution in [0.25, 0.3) is 0 Å². The molecule has 0 amide bonds. The van der Waals surface area contributed by atoms with Crippen LogP contribution in [0.5, 0.6) is 0 Å². The molecular weight excluding hydrogens is 144 g/mol. The molecule has 0 spiro atoms. The molecule has 0 radical (unpaired) electrons. The summed E-state index contributed by atoms with van der Waals surface area (Å²) in [7, 11) is 0. The third-order valence-electron chi connectivity index (χ3n) is 2.68. The first-order valence-corrected chi connectivity index (χ1v) is 5.26. The third-order valence-corrected chi connectivity index (χ3v) is 2.68. The van der Waals surface area contributed by atoms with Gasteiger partial charge in [-0.3, -0.25) is 0 Å². The second-order valence-corrected chi connectivity index (χ2v) is 3.49. The lowest BCUT2D eigenvalue weighted by Crippen LogP contribution is -2.11. The number of rotatable bonds is 6. The Hall–Kier alpha value is -0.440. The average Bonchev–Trinajstić information content (AvgIpc) is 2.12. The molecule has 0 heteroatoms. The predicted molar refractivity (Wildman–Crippen MR) is 55.9 cm³/mol. The maximum atomic E-state index is 5.48. The highest BCUT2D eigenvalue weighted by atomic mass is 14.2. The fraction of sp³-hybridized carbons (Fsp3) is 0.833. The molecule has 2 unspecified atom stereocenters. The van der Waals surface area contributed by atoms with Crippen molar-refractivity contribution in [3.05, 3.63) is 0 Å². The third kappa shape index (κ3) is 3.81. The van der Waals surface area contributed by atoms with Crippen LogP contribution < -0.4 is 0 Å². The van der Waals surface area contributed by atoms with E-state index in [-0.39, 0.29) is 0 Å². The Balaban J connectivity index is 3.86. The summed E-state index contributed by atoms with van der Waals surface area (Å²) in [4.78, 5) is 0. The van der Waals surface area contributed by atoms with Crippen LogP contribution in [-0.2, 0) is 0 Å².